The predicted octanol–water partition coefficient (Wildman–Crippen LogP) is 2.65. The molecule has 0 atom stereocenters. The lowest BCUT2D eigenvalue weighted by atomic mass is 10.1. The lowest BCUT2D eigenvalue weighted by molar-refractivity contribution is 0.242. The van der Waals surface area contributed by atoms with Crippen LogP contribution >= 0.6 is 0 Å². The summed E-state index contributed by atoms with van der Waals surface area (Å²) in [6, 6.07) is 2.64. The molecule has 0 spiro atoms. The van der Waals surface area contributed by atoms with Crippen molar-refractivity contribution in [1.82, 2.24) is 10.2 Å². The van der Waals surface area contributed by atoms with Crippen molar-refractivity contribution >= 4 is 0 Å². The van der Waals surface area contributed by atoms with E-state index in [4.69, 9.17) is 4.74 Å². The van der Waals surface area contributed by atoms with Gasteiger partial charge in [0.05, 0.1) is 0 Å². The fourth-order valence-electron chi connectivity index (χ4n) is 1.69. The van der Waals surface area contributed by atoms with Gasteiger partial charge in [-0.3, -0.25) is 0 Å². The molecule has 0 aliphatic heterocycles. The van der Waals surface area contributed by atoms with Crippen molar-refractivity contribution in [2.75, 3.05) is 33.8 Å². The first kappa shape index (κ1) is 16.9. The van der Waals surface area contributed by atoms with E-state index in [1.807, 2.05) is 19.0 Å². The summed E-state index contributed by atoms with van der Waals surface area (Å²) in [6.45, 7) is 6.28. The van der Waals surface area contributed by atoms with Crippen LogP contribution in [0.3, 0.4) is 0 Å². The van der Waals surface area contributed by atoms with Gasteiger partial charge in [-0.15, -0.1) is 0 Å². The average Bonchev–Trinajstić information content (AvgIpc) is 2.32. The molecule has 20 heavy (non-hydrogen) atoms. The van der Waals surface area contributed by atoms with Crippen molar-refractivity contribution < 1.29 is 13.5 Å². The minimum absolute atomic E-state index is 0.256. The normalized spacial score (nSPS) is 11.4. The molecule has 0 unspecified atom stereocenters. The van der Waals surface area contributed by atoms with Crippen LogP contribution < -0.4 is 10.1 Å². The molecule has 0 aliphatic rings. The molecule has 3 nitrogen and oxygen atoms in total. The van der Waals surface area contributed by atoms with Crippen molar-refractivity contribution in [2.45, 2.75) is 20.4 Å². The second-order valence-corrected chi connectivity index (χ2v) is 5.57. The standard InChI is InChI=1S/C15H24F2N2O/c1-11(2)9-18-10-12-7-13(16)15(14(17)8-12)20-6-5-19(3)4/h7-8,11,18H,5-6,9-10H2,1-4H3. The van der Waals surface area contributed by atoms with E-state index in [1.54, 1.807) is 0 Å². The summed E-state index contributed by atoms with van der Waals surface area (Å²) in [4.78, 5) is 1.89. The van der Waals surface area contributed by atoms with Crippen LogP contribution in [0.4, 0.5) is 8.78 Å². The molecule has 0 saturated carbocycles. The Morgan fingerprint density at radius 1 is 1.20 bits per heavy atom. The summed E-state index contributed by atoms with van der Waals surface area (Å²) in [7, 11) is 3.75. The summed E-state index contributed by atoms with van der Waals surface area (Å²) in [5.41, 5.74) is 0.584. The van der Waals surface area contributed by atoms with E-state index in [0.717, 1.165) is 6.54 Å². The molecule has 0 fully saturated rings. The first-order chi connectivity index (χ1) is 9.40. The highest BCUT2D eigenvalue weighted by Gasteiger charge is 2.12. The van der Waals surface area contributed by atoms with Crippen LogP contribution in [0, 0.1) is 17.6 Å². The van der Waals surface area contributed by atoms with Crippen LogP contribution in [-0.4, -0.2) is 38.7 Å². The Bertz CT molecular complexity index is 399. The van der Waals surface area contributed by atoms with Crippen molar-refractivity contribution in [3.8, 4) is 5.75 Å². The largest absolute Gasteiger partial charge is 0.486 e. The van der Waals surface area contributed by atoms with E-state index in [9.17, 15) is 8.78 Å². The number of likely N-dealkylation sites (N-methyl/N-ethyl adjacent to an activating group) is 1. The molecule has 0 aromatic heterocycles. The highest BCUT2D eigenvalue weighted by atomic mass is 19.1. The number of hydrogen-bond donors (Lipinski definition) is 1. The predicted molar refractivity (Wildman–Crippen MR) is 77.0 cm³/mol. The summed E-state index contributed by atoms with van der Waals surface area (Å²) >= 11 is 0. The van der Waals surface area contributed by atoms with Gasteiger partial charge in [-0.1, -0.05) is 13.8 Å². The van der Waals surface area contributed by atoms with E-state index < -0.39 is 11.6 Å². The van der Waals surface area contributed by atoms with E-state index >= 15 is 0 Å². The number of halogens is 2. The zero-order chi connectivity index (χ0) is 15.1. The first-order valence-electron chi connectivity index (χ1n) is 6.86. The highest BCUT2D eigenvalue weighted by Crippen LogP contribution is 2.23. The molecule has 0 radical (unpaired) electrons. The monoisotopic (exact) mass is 286 g/mol. The Morgan fingerprint density at radius 3 is 2.30 bits per heavy atom. The number of hydrogen-bond acceptors (Lipinski definition) is 3. The van der Waals surface area contributed by atoms with E-state index in [2.05, 4.69) is 19.2 Å². The summed E-state index contributed by atoms with van der Waals surface area (Å²) in [5.74, 6) is -1.09. The smallest absolute Gasteiger partial charge is 0.190 e. The molecule has 0 heterocycles. The van der Waals surface area contributed by atoms with Gasteiger partial charge in [0, 0.05) is 13.1 Å². The van der Waals surface area contributed by atoms with Crippen LogP contribution in [-0.2, 0) is 6.54 Å². The number of nitrogens with one attached hydrogen (secondary N) is 1. The number of benzene rings is 1. The topological polar surface area (TPSA) is 24.5 Å². The molecular formula is C15H24F2N2O. The fraction of sp³-hybridized carbons (Fsp3) is 0.600. The highest BCUT2D eigenvalue weighted by molar-refractivity contribution is 5.31. The first-order valence-corrected chi connectivity index (χ1v) is 6.86. The Balaban J connectivity index is 2.61. The van der Waals surface area contributed by atoms with Gasteiger partial charge in [-0.2, -0.15) is 0 Å². The average molecular weight is 286 g/mol. The molecule has 1 N–H and O–H groups in total. The van der Waals surface area contributed by atoms with Gasteiger partial charge in [0.15, 0.2) is 17.4 Å². The maximum atomic E-state index is 13.8. The summed E-state index contributed by atoms with van der Waals surface area (Å²) < 4.78 is 32.8. The molecule has 1 aromatic rings. The maximum Gasteiger partial charge on any atom is 0.190 e. The molecule has 0 bridgehead atoms. The van der Waals surface area contributed by atoms with E-state index in [1.165, 1.54) is 12.1 Å². The molecule has 0 saturated heterocycles. The second kappa shape index (κ2) is 8.17. The van der Waals surface area contributed by atoms with Crippen LogP contribution in [0.1, 0.15) is 19.4 Å². The third-order valence-electron chi connectivity index (χ3n) is 2.72. The quantitative estimate of drug-likeness (QED) is 0.795. The maximum absolute atomic E-state index is 13.8. The molecular weight excluding hydrogens is 262 g/mol. The summed E-state index contributed by atoms with van der Waals surface area (Å²) in [5, 5.41) is 3.15. The number of nitrogens with zero attached hydrogens (tertiary/aromatic N) is 1. The lowest BCUT2D eigenvalue weighted by Crippen LogP contribution is -2.20. The third kappa shape index (κ3) is 5.84. The zero-order valence-corrected chi connectivity index (χ0v) is 12.7. The van der Waals surface area contributed by atoms with Crippen molar-refractivity contribution in [1.29, 1.82) is 0 Å². The van der Waals surface area contributed by atoms with Gasteiger partial charge in [-0.25, -0.2) is 8.78 Å². The fourth-order valence-corrected chi connectivity index (χ4v) is 1.69. The molecule has 114 valence electrons. The molecule has 1 rings (SSSR count). The Morgan fingerprint density at radius 2 is 1.80 bits per heavy atom. The lowest BCUT2D eigenvalue weighted by Gasteiger charge is -2.13. The van der Waals surface area contributed by atoms with Crippen LogP contribution in [0.15, 0.2) is 12.1 Å². The number of ether oxygens (including phenoxy) is 1. The van der Waals surface area contributed by atoms with Crippen LogP contribution in [0.5, 0.6) is 5.75 Å². The SMILES string of the molecule is CC(C)CNCc1cc(F)c(OCCN(C)C)c(F)c1. The zero-order valence-electron chi connectivity index (χ0n) is 12.7. The summed E-state index contributed by atoms with van der Waals surface area (Å²) in [6.07, 6.45) is 0. The second-order valence-electron chi connectivity index (χ2n) is 5.57. The van der Waals surface area contributed by atoms with Crippen LogP contribution in [0.2, 0.25) is 0 Å². The van der Waals surface area contributed by atoms with Crippen molar-refractivity contribution in [2.24, 2.45) is 5.92 Å². The van der Waals surface area contributed by atoms with E-state index in [-0.39, 0.29) is 12.4 Å². The van der Waals surface area contributed by atoms with Gasteiger partial charge in [0.25, 0.3) is 0 Å². The van der Waals surface area contributed by atoms with Gasteiger partial charge >= 0.3 is 0 Å². The van der Waals surface area contributed by atoms with Gasteiger partial charge in [0.1, 0.15) is 6.61 Å². The minimum Gasteiger partial charge on any atom is -0.486 e. The molecule has 5 heteroatoms. The Kier molecular flexibility index (Phi) is 6.88. The molecule has 1 aromatic carbocycles. The third-order valence-corrected chi connectivity index (χ3v) is 2.72. The van der Waals surface area contributed by atoms with E-state index in [0.29, 0.717) is 24.6 Å². The molecule has 0 amide bonds. The van der Waals surface area contributed by atoms with Crippen molar-refractivity contribution in [3.05, 3.63) is 29.3 Å². The Labute approximate surface area is 119 Å². The minimum atomic E-state index is -0.648. The number of rotatable bonds is 8. The van der Waals surface area contributed by atoms with Gasteiger partial charge in [0.2, 0.25) is 0 Å². The molecule has 0 aliphatic carbocycles. The van der Waals surface area contributed by atoms with Gasteiger partial charge in [-0.05, 0) is 44.3 Å². The Hall–Kier alpha value is -1.20. The van der Waals surface area contributed by atoms with Crippen LogP contribution in [0.25, 0.3) is 0 Å². The van der Waals surface area contributed by atoms with Crippen molar-refractivity contribution in [3.63, 3.8) is 0 Å². The van der Waals surface area contributed by atoms with Gasteiger partial charge < -0.3 is 15.0 Å².